The van der Waals surface area contributed by atoms with Crippen LogP contribution in [0.2, 0.25) is 0 Å². The molecule has 1 aliphatic rings. The van der Waals surface area contributed by atoms with Crippen molar-refractivity contribution < 1.29 is 4.42 Å². The molecular formula is C49H32O. The molecule has 0 N–H and O–H groups in total. The van der Waals surface area contributed by atoms with Gasteiger partial charge in [0.2, 0.25) is 0 Å². The van der Waals surface area contributed by atoms with Crippen LogP contribution in [0.3, 0.4) is 0 Å². The van der Waals surface area contributed by atoms with Crippen molar-refractivity contribution in [3.63, 3.8) is 0 Å². The number of furan rings is 1. The van der Waals surface area contributed by atoms with E-state index in [2.05, 4.69) is 182 Å². The average molecular weight is 637 g/mol. The smallest absolute Gasteiger partial charge is 0.143 e. The normalized spacial score (nSPS) is 11.9. The summed E-state index contributed by atoms with van der Waals surface area (Å²) in [6, 6.07) is 65.9. The van der Waals surface area contributed by atoms with Crippen LogP contribution in [0, 0.1) is 0 Å². The number of rotatable bonds is 5. The highest BCUT2D eigenvalue weighted by molar-refractivity contribution is 6.12. The van der Waals surface area contributed by atoms with Crippen LogP contribution in [0.15, 0.2) is 186 Å². The van der Waals surface area contributed by atoms with E-state index in [-0.39, 0.29) is 0 Å². The second-order valence-corrected chi connectivity index (χ2v) is 13.3. The second kappa shape index (κ2) is 11.6. The fraction of sp³-hybridized carbons (Fsp3) is 0.0204. The van der Waals surface area contributed by atoms with E-state index in [1.165, 1.54) is 72.3 Å². The van der Waals surface area contributed by atoms with Crippen molar-refractivity contribution in [3.8, 4) is 66.8 Å². The molecule has 0 saturated heterocycles. The maximum Gasteiger partial charge on any atom is 0.143 e. The molecule has 0 radical (unpaired) electrons. The van der Waals surface area contributed by atoms with Crippen LogP contribution in [-0.4, -0.2) is 0 Å². The van der Waals surface area contributed by atoms with Crippen molar-refractivity contribution in [1.29, 1.82) is 0 Å². The molecule has 50 heavy (non-hydrogen) atoms. The minimum absolute atomic E-state index is 0.897. The minimum Gasteiger partial charge on any atom is -0.455 e. The molecule has 0 fully saturated rings. The van der Waals surface area contributed by atoms with E-state index in [1.54, 1.807) is 0 Å². The maximum absolute atomic E-state index is 6.76. The quantitative estimate of drug-likeness (QED) is 0.183. The molecule has 0 amide bonds. The molecule has 0 saturated carbocycles. The van der Waals surface area contributed by atoms with Crippen molar-refractivity contribution in [2.24, 2.45) is 0 Å². The van der Waals surface area contributed by atoms with E-state index in [9.17, 15) is 0 Å². The summed E-state index contributed by atoms with van der Waals surface area (Å²) in [6.45, 7) is 0. The lowest BCUT2D eigenvalue weighted by atomic mass is 9.92. The van der Waals surface area contributed by atoms with Crippen molar-refractivity contribution in [3.05, 3.63) is 193 Å². The lowest BCUT2D eigenvalue weighted by molar-refractivity contribution is 0.670. The molecule has 0 atom stereocenters. The van der Waals surface area contributed by atoms with Crippen LogP contribution in [0.4, 0.5) is 0 Å². The first-order chi connectivity index (χ1) is 24.7. The zero-order chi connectivity index (χ0) is 33.0. The third-order valence-corrected chi connectivity index (χ3v) is 10.3. The van der Waals surface area contributed by atoms with Gasteiger partial charge in [-0.05, 0) is 109 Å². The summed E-state index contributed by atoms with van der Waals surface area (Å²) in [4.78, 5) is 0. The van der Waals surface area contributed by atoms with E-state index in [1.807, 2.05) is 0 Å². The summed E-state index contributed by atoms with van der Waals surface area (Å²) in [5.74, 6) is 0. The van der Waals surface area contributed by atoms with Crippen LogP contribution in [0.1, 0.15) is 11.1 Å². The van der Waals surface area contributed by atoms with Gasteiger partial charge in [-0.2, -0.15) is 0 Å². The predicted octanol–water partition coefficient (Wildman–Crippen LogP) is 13.5. The third kappa shape index (κ3) is 4.86. The van der Waals surface area contributed by atoms with Gasteiger partial charge in [-0.15, -0.1) is 0 Å². The molecule has 9 aromatic rings. The van der Waals surface area contributed by atoms with E-state index in [0.717, 1.165) is 33.9 Å². The Bertz CT molecular complexity index is 2680. The van der Waals surface area contributed by atoms with Gasteiger partial charge in [-0.1, -0.05) is 152 Å². The lowest BCUT2D eigenvalue weighted by Crippen LogP contribution is -1.87. The standard InChI is InChI=1S/C49H32O/c1-3-9-32(10-4-1)34-15-19-36(20-16-34)38-25-26-48-46(28-38)47-31-42(37-21-17-35(18-22-37)33-11-5-2-6-12-33)30-45(49(47)50-48)41-24-23-40-27-39-13-7-8-14-43(39)44(40)29-41/h1-26,28-31H,27H2. The molecule has 1 heteroatoms. The Balaban J connectivity index is 1.13. The van der Waals surface area contributed by atoms with Crippen molar-refractivity contribution in [2.45, 2.75) is 6.42 Å². The van der Waals surface area contributed by atoms with Crippen LogP contribution < -0.4 is 0 Å². The van der Waals surface area contributed by atoms with E-state index >= 15 is 0 Å². The first-order valence-corrected chi connectivity index (χ1v) is 17.3. The van der Waals surface area contributed by atoms with Crippen LogP contribution in [0.25, 0.3) is 88.7 Å². The minimum atomic E-state index is 0.897. The highest BCUT2D eigenvalue weighted by atomic mass is 16.3. The molecule has 234 valence electrons. The molecular weight excluding hydrogens is 605 g/mol. The Hall–Kier alpha value is -6.44. The maximum atomic E-state index is 6.76. The molecule has 1 aromatic heterocycles. The molecule has 1 nitrogen and oxygen atoms in total. The van der Waals surface area contributed by atoms with Gasteiger partial charge in [-0.25, -0.2) is 0 Å². The van der Waals surface area contributed by atoms with Gasteiger partial charge in [0, 0.05) is 16.3 Å². The molecule has 0 aliphatic heterocycles. The summed E-state index contributed by atoms with van der Waals surface area (Å²) in [5, 5.41) is 2.25. The third-order valence-electron chi connectivity index (χ3n) is 10.3. The topological polar surface area (TPSA) is 13.1 Å². The van der Waals surface area contributed by atoms with Crippen LogP contribution >= 0.6 is 0 Å². The molecule has 10 rings (SSSR count). The Morgan fingerprint density at radius 2 is 0.780 bits per heavy atom. The fourth-order valence-corrected chi connectivity index (χ4v) is 7.70. The van der Waals surface area contributed by atoms with Crippen molar-refractivity contribution in [1.82, 2.24) is 0 Å². The van der Waals surface area contributed by atoms with Crippen LogP contribution in [-0.2, 0) is 6.42 Å². The largest absolute Gasteiger partial charge is 0.455 e. The van der Waals surface area contributed by atoms with E-state index in [4.69, 9.17) is 4.42 Å². The Morgan fingerprint density at radius 3 is 1.46 bits per heavy atom. The monoisotopic (exact) mass is 636 g/mol. The zero-order valence-electron chi connectivity index (χ0n) is 27.4. The first kappa shape index (κ1) is 28.6. The summed E-state index contributed by atoms with van der Waals surface area (Å²) in [6.07, 6.45) is 0.981. The molecule has 0 unspecified atom stereocenters. The average Bonchev–Trinajstić information content (AvgIpc) is 3.76. The summed E-state index contributed by atoms with van der Waals surface area (Å²) >= 11 is 0. The molecule has 0 spiro atoms. The Labute approximate surface area is 291 Å². The van der Waals surface area contributed by atoms with Gasteiger partial charge in [0.15, 0.2) is 0 Å². The number of fused-ring (bicyclic) bond motifs is 6. The van der Waals surface area contributed by atoms with Gasteiger partial charge >= 0.3 is 0 Å². The fourth-order valence-electron chi connectivity index (χ4n) is 7.70. The van der Waals surface area contributed by atoms with Gasteiger partial charge < -0.3 is 4.42 Å². The zero-order valence-corrected chi connectivity index (χ0v) is 27.4. The van der Waals surface area contributed by atoms with E-state index < -0.39 is 0 Å². The van der Waals surface area contributed by atoms with Gasteiger partial charge in [0.1, 0.15) is 11.2 Å². The highest BCUT2D eigenvalue weighted by Gasteiger charge is 2.21. The molecule has 8 aromatic carbocycles. The van der Waals surface area contributed by atoms with Crippen LogP contribution in [0.5, 0.6) is 0 Å². The summed E-state index contributed by atoms with van der Waals surface area (Å²) in [7, 11) is 0. The van der Waals surface area contributed by atoms with Gasteiger partial charge in [-0.3, -0.25) is 0 Å². The predicted molar refractivity (Wildman–Crippen MR) is 209 cm³/mol. The number of hydrogen-bond acceptors (Lipinski definition) is 1. The highest BCUT2D eigenvalue weighted by Crippen LogP contribution is 2.44. The lowest BCUT2D eigenvalue weighted by Gasteiger charge is -2.11. The SMILES string of the molecule is c1ccc(-c2ccc(-c3ccc4oc5c(-c6ccc7c(c6)-c6ccccc6C7)cc(-c6ccc(-c7ccccc7)cc6)cc5c4c3)cc2)cc1. The molecule has 1 aliphatic carbocycles. The first-order valence-electron chi connectivity index (χ1n) is 17.3. The number of hydrogen-bond donors (Lipinski definition) is 0. The Morgan fingerprint density at radius 1 is 0.300 bits per heavy atom. The van der Waals surface area contributed by atoms with Gasteiger partial charge in [0.05, 0.1) is 0 Å². The van der Waals surface area contributed by atoms with Gasteiger partial charge in [0.25, 0.3) is 0 Å². The van der Waals surface area contributed by atoms with Crippen molar-refractivity contribution in [2.75, 3.05) is 0 Å². The van der Waals surface area contributed by atoms with E-state index in [0.29, 0.717) is 0 Å². The Kier molecular flexibility index (Phi) is 6.63. The second-order valence-electron chi connectivity index (χ2n) is 13.3. The summed E-state index contributed by atoms with van der Waals surface area (Å²) < 4.78 is 6.76. The number of benzene rings is 8. The van der Waals surface area contributed by atoms with Crippen molar-refractivity contribution >= 4 is 21.9 Å². The summed E-state index contributed by atoms with van der Waals surface area (Å²) in [5.41, 5.74) is 19.1. The molecule has 1 heterocycles. The molecule has 0 bridgehead atoms.